The maximum atomic E-state index is 12.4. The molecule has 2 heterocycles. The number of carbonyl (C=O) groups excluding carboxylic acids is 2. The van der Waals surface area contributed by atoms with Gasteiger partial charge >= 0.3 is 5.63 Å². The molecule has 1 aliphatic rings. The second-order valence-corrected chi connectivity index (χ2v) is 8.36. The van der Waals surface area contributed by atoms with Crippen LogP contribution in [0.1, 0.15) is 45.8 Å². The Bertz CT molecular complexity index is 1110. The van der Waals surface area contributed by atoms with Crippen LogP contribution in [0, 0.1) is 0 Å². The summed E-state index contributed by atoms with van der Waals surface area (Å²) in [6.45, 7) is -0.288. The molecule has 0 saturated carbocycles. The van der Waals surface area contributed by atoms with Gasteiger partial charge in [0.15, 0.2) is 6.61 Å². The second-order valence-electron chi connectivity index (χ2n) is 7.22. The predicted molar refractivity (Wildman–Crippen MR) is 114 cm³/mol. The summed E-state index contributed by atoms with van der Waals surface area (Å²) < 4.78 is 10.5. The summed E-state index contributed by atoms with van der Waals surface area (Å²) in [5.74, 6) is -0.433. The van der Waals surface area contributed by atoms with E-state index in [0.717, 1.165) is 31.1 Å². The Morgan fingerprint density at radius 3 is 2.67 bits per heavy atom. The fourth-order valence-corrected chi connectivity index (χ4v) is 4.61. The molecule has 8 heteroatoms. The van der Waals surface area contributed by atoms with Crippen molar-refractivity contribution in [3.05, 3.63) is 62.1 Å². The van der Waals surface area contributed by atoms with Gasteiger partial charge in [-0.05, 0) is 55.5 Å². The lowest BCUT2D eigenvalue weighted by molar-refractivity contribution is -0.123. The molecule has 1 aliphatic carbocycles. The van der Waals surface area contributed by atoms with Gasteiger partial charge in [-0.1, -0.05) is 12.8 Å². The Hall–Kier alpha value is -3.13. The van der Waals surface area contributed by atoms with Gasteiger partial charge in [-0.3, -0.25) is 20.4 Å². The first-order chi connectivity index (χ1) is 14.6. The van der Waals surface area contributed by atoms with Crippen LogP contribution in [0.15, 0.2) is 45.6 Å². The van der Waals surface area contributed by atoms with Crippen LogP contribution in [0.4, 0.5) is 0 Å². The van der Waals surface area contributed by atoms with Crippen molar-refractivity contribution in [2.75, 3.05) is 6.61 Å². The Kier molecular flexibility index (Phi) is 6.13. The molecule has 0 spiro atoms. The molecule has 1 aromatic carbocycles. The van der Waals surface area contributed by atoms with Crippen LogP contribution in [0.25, 0.3) is 11.0 Å². The molecule has 2 aromatic heterocycles. The average molecular weight is 426 g/mol. The van der Waals surface area contributed by atoms with Gasteiger partial charge in [0.2, 0.25) is 0 Å². The number of amides is 2. The molecule has 0 atom stereocenters. The van der Waals surface area contributed by atoms with Gasteiger partial charge in [0.05, 0.1) is 4.88 Å². The molecule has 0 aliphatic heterocycles. The summed E-state index contributed by atoms with van der Waals surface area (Å²) in [4.78, 5) is 37.6. The quantitative estimate of drug-likeness (QED) is 0.493. The number of thiophene rings is 1. The van der Waals surface area contributed by atoms with Crippen molar-refractivity contribution < 1.29 is 18.7 Å². The summed E-state index contributed by atoms with van der Waals surface area (Å²) in [7, 11) is 0. The van der Waals surface area contributed by atoms with E-state index >= 15 is 0 Å². The minimum absolute atomic E-state index is 0.288. The first kappa shape index (κ1) is 20.2. The number of hydrogen-bond donors (Lipinski definition) is 2. The fourth-order valence-electron chi connectivity index (χ4n) is 3.46. The zero-order valence-electron chi connectivity index (χ0n) is 16.4. The Morgan fingerprint density at radius 1 is 1.00 bits per heavy atom. The summed E-state index contributed by atoms with van der Waals surface area (Å²) in [6.07, 6.45) is 6.79. The average Bonchev–Trinajstić information content (AvgIpc) is 3.12. The summed E-state index contributed by atoms with van der Waals surface area (Å²) in [6, 6.07) is 9.88. The normalized spacial score (nSPS) is 13.7. The Morgan fingerprint density at radius 2 is 1.80 bits per heavy atom. The molecule has 0 unspecified atom stereocenters. The van der Waals surface area contributed by atoms with E-state index < -0.39 is 11.5 Å². The van der Waals surface area contributed by atoms with Crippen molar-refractivity contribution in [3.8, 4) is 5.75 Å². The van der Waals surface area contributed by atoms with Gasteiger partial charge in [-0.15, -0.1) is 11.3 Å². The van der Waals surface area contributed by atoms with Gasteiger partial charge in [0.1, 0.15) is 11.3 Å². The minimum Gasteiger partial charge on any atom is -0.484 e. The number of aryl methyl sites for hydroxylation is 2. The summed E-state index contributed by atoms with van der Waals surface area (Å²) >= 11 is 1.50. The van der Waals surface area contributed by atoms with E-state index in [2.05, 4.69) is 10.9 Å². The van der Waals surface area contributed by atoms with E-state index in [1.165, 1.54) is 40.7 Å². The standard InChI is InChI=1S/C22H22N2O5S/c25-20(13-28-16-9-7-14-8-10-21(26)29-17(14)12-16)23-24-22(27)19-11-15-5-3-1-2-4-6-18(15)30-19/h7-12H,1-6,13H2,(H,23,25)(H,24,27). The number of benzene rings is 1. The Labute approximate surface area is 177 Å². The zero-order chi connectivity index (χ0) is 20.9. The van der Waals surface area contributed by atoms with Crippen molar-refractivity contribution in [1.29, 1.82) is 0 Å². The summed E-state index contributed by atoms with van der Waals surface area (Å²) in [5, 5.41) is 0.753. The van der Waals surface area contributed by atoms with Crippen molar-refractivity contribution in [2.24, 2.45) is 0 Å². The highest BCUT2D eigenvalue weighted by atomic mass is 32.1. The largest absolute Gasteiger partial charge is 0.484 e. The van der Waals surface area contributed by atoms with Crippen molar-refractivity contribution in [3.63, 3.8) is 0 Å². The van der Waals surface area contributed by atoms with E-state index in [1.807, 2.05) is 6.07 Å². The van der Waals surface area contributed by atoms with Crippen LogP contribution in [-0.4, -0.2) is 18.4 Å². The summed E-state index contributed by atoms with van der Waals surface area (Å²) in [5.41, 5.74) is 5.99. The van der Waals surface area contributed by atoms with E-state index in [-0.39, 0.29) is 12.5 Å². The van der Waals surface area contributed by atoms with Crippen LogP contribution < -0.4 is 21.2 Å². The third-order valence-corrected chi connectivity index (χ3v) is 6.24. The van der Waals surface area contributed by atoms with Crippen molar-refractivity contribution in [1.82, 2.24) is 10.9 Å². The molecular formula is C22H22N2O5S. The Balaban J connectivity index is 1.30. The van der Waals surface area contributed by atoms with Crippen LogP contribution >= 0.6 is 11.3 Å². The predicted octanol–water partition coefficient (Wildman–Crippen LogP) is 3.35. The topological polar surface area (TPSA) is 97.6 Å². The molecule has 0 saturated heterocycles. The zero-order valence-corrected chi connectivity index (χ0v) is 17.2. The first-order valence-electron chi connectivity index (χ1n) is 9.96. The highest BCUT2D eigenvalue weighted by Gasteiger charge is 2.16. The number of hydrazine groups is 1. The maximum Gasteiger partial charge on any atom is 0.336 e. The lowest BCUT2D eigenvalue weighted by atomic mass is 10.00. The maximum absolute atomic E-state index is 12.4. The van der Waals surface area contributed by atoms with E-state index in [0.29, 0.717) is 16.2 Å². The van der Waals surface area contributed by atoms with Crippen molar-refractivity contribution in [2.45, 2.75) is 38.5 Å². The highest BCUT2D eigenvalue weighted by Crippen LogP contribution is 2.28. The smallest absolute Gasteiger partial charge is 0.336 e. The number of fused-ring (bicyclic) bond motifs is 2. The number of carbonyl (C=O) groups is 2. The lowest BCUT2D eigenvalue weighted by Gasteiger charge is -2.08. The first-order valence-corrected chi connectivity index (χ1v) is 10.8. The minimum atomic E-state index is -0.493. The van der Waals surface area contributed by atoms with Gasteiger partial charge < -0.3 is 9.15 Å². The van der Waals surface area contributed by atoms with Crippen LogP contribution in [-0.2, 0) is 17.6 Å². The molecule has 156 valence electrons. The van der Waals surface area contributed by atoms with Crippen molar-refractivity contribution >= 4 is 34.1 Å². The van der Waals surface area contributed by atoms with Crippen LogP contribution in [0.5, 0.6) is 5.75 Å². The van der Waals surface area contributed by atoms with Gasteiger partial charge in [0.25, 0.3) is 11.8 Å². The third kappa shape index (κ3) is 4.88. The molecule has 2 N–H and O–H groups in total. The van der Waals surface area contributed by atoms with E-state index in [9.17, 15) is 14.4 Å². The van der Waals surface area contributed by atoms with E-state index in [1.54, 1.807) is 24.3 Å². The molecule has 30 heavy (non-hydrogen) atoms. The molecule has 7 nitrogen and oxygen atoms in total. The highest BCUT2D eigenvalue weighted by molar-refractivity contribution is 7.14. The van der Waals surface area contributed by atoms with Gasteiger partial charge in [-0.25, -0.2) is 4.79 Å². The van der Waals surface area contributed by atoms with Crippen LogP contribution in [0.2, 0.25) is 0 Å². The van der Waals surface area contributed by atoms with Crippen LogP contribution in [0.3, 0.4) is 0 Å². The monoisotopic (exact) mass is 426 g/mol. The molecule has 0 fully saturated rings. The molecule has 4 rings (SSSR count). The second kappa shape index (κ2) is 9.13. The SMILES string of the molecule is O=C(COc1ccc2ccc(=O)oc2c1)NNC(=O)c1cc2c(s1)CCCCCC2. The lowest BCUT2D eigenvalue weighted by Crippen LogP contribution is -2.43. The fraction of sp³-hybridized carbons (Fsp3) is 0.318. The molecule has 0 radical (unpaired) electrons. The number of rotatable bonds is 4. The van der Waals surface area contributed by atoms with Gasteiger partial charge in [-0.2, -0.15) is 0 Å². The molecule has 2 amide bonds. The molecule has 3 aromatic rings. The van der Waals surface area contributed by atoms with Gasteiger partial charge in [0, 0.05) is 22.4 Å². The molecule has 0 bridgehead atoms. The van der Waals surface area contributed by atoms with E-state index in [4.69, 9.17) is 9.15 Å². The third-order valence-electron chi connectivity index (χ3n) is 5.00. The number of ether oxygens (including phenoxy) is 1. The molecular weight excluding hydrogens is 404 g/mol. The number of nitrogens with one attached hydrogen (secondary N) is 2. The number of hydrogen-bond acceptors (Lipinski definition) is 6.